The van der Waals surface area contributed by atoms with Gasteiger partial charge in [0, 0.05) is 25.0 Å². The molecule has 1 heterocycles. The van der Waals surface area contributed by atoms with Gasteiger partial charge in [0.25, 0.3) is 5.91 Å². The van der Waals surface area contributed by atoms with Gasteiger partial charge in [0.2, 0.25) is 5.43 Å². The number of halogens is 1. The van der Waals surface area contributed by atoms with Crippen LogP contribution in [0.25, 0.3) is 11.1 Å². The summed E-state index contributed by atoms with van der Waals surface area (Å²) in [5.74, 6) is -0.705. The van der Waals surface area contributed by atoms with E-state index in [9.17, 15) is 9.59 Å². The van der Waals surface area contributed by atoms with Gasteiger partial charge in [0.15, 0.2) is 0 Å². The van der Waals surface area contributed by atoms with Gasteiger partial charge >= 0.3 is 0 Å². The molecule has 0 unspecified atom stereocenters. The predicted molar refractivity (Wildman–Crippen MR) is 72.9 cm³/mol. The summed E-state index contributed by atoms with van der Waals surface area (Å²) in [6, 6.07) is 9.19. The Hall–Kier alpha value is -2.07. The first-order valence-corrected chi connectivity index (χ1v) is 5.15. The molecular weight excluding hydrogens is 252 g/mol. The maximum Gasteiger partial charge on any atom is 0.254 e. The van der Waals surface area contributed by atoms with Crippen molar-refractivity contribution >= 4 is 18.3 Å². The van der Waals surface area contributed by atoms with E-state index in [1.54, 1.807) is 17.8 Å². The highest BCUT2D eigenvalue weighted by Gasteiger charge is 2.12. The quantitative estimate of drug-likeness (QED) is 0.895. The van der Waals surface area contributed by atoms with Gasteiger partial charge in [0.05, 0.1) is 0 Å². The molecule has 0 radical (unpaired) electrons. The van der Waals surface area contributed by atoms with Gasteiger partial charge in [-0.15, -0.1) is 12.4 Å². The highest BCUT2D eigenvalue weighted by molar-refractivity contribution is 5.93. The van der Waals surface area contributed by atoms with E-state index >= 15 is 0 Å². The predicted octanol–water partition coefficient (Wildman–Crippen LogP) is 1.57. The van der Waals surface area contributed by atoms with Crippen molar-refractivity contribution in [2.45, 2.75) is 0 Å². The molecule has 2 N–H and O–H groups in total. The fourth-order valence-corrected chi connectivity index (χ4v) is 1.71. The molecule has 0 bridgehead atoms. The molecule has 18 heavy (non-hydrogen) atoms. The minimum Gasteiger partial charge on any atom is -0.365 e. The summed E-state index contributed by atoms with van der Waals surface area (Å²) in [6.45, 7) is 0. The SMILES string of the molecule is Cl.Cn1cc(C(N)=O)c(=O)c(-c2ccccc2)c1. The second-order valence-electron chi connectivity index (χ2n) is 3.81. The number of nitrogens with zero attached hydrogens (tertiary/aromatic N) is 1. The van der Waals surface area contributed by atoms with Gasteiger partial charge in [-0.25, -0.2) is 0 Å². The second kappa shape index (κ2) is 5.51. The van der Waals surface area contributed by atoms with Crippen LogP contribution in [0.4, 0.5) is 0 Å². The first kappa shape index (κ1) is 14.0. The van der Waals surface area contributed by atoms with Gasteiger partial charge < -0.3 is 10.3 Å². The van der Waals surface area contributed by atoms with Gasteiger partial charge in [-0.3, -0.25) is 9.59 Å². The third-order valence-corrected chi connectivity index (χ3v) is 2.50. The van der Waals surface area contributed by atoms with E-state index in [2.05, 4.69) is 0 Å². The van der Waals surface area contributed by atoms with Crippen molar-refractivity contribution in [3.63, 3.8) is 0 Å². The second-order valence-corrected chi connectivity index (χ2v) is 3.81. The van der Waals surface area contributed by atoms with E-state index in [0.29, 0.717) is 5.56 Å². The van der Waals surface area contributed by atoms with Crippen molar-refractivity contribution in [1.29, 1.82) is 0 Å². The Labute approximate surface area is 110 Å². The fourth-order valence-electron chi connectivity index (χ4n) is 1.71. The smallest absolute Gasteiger partial charge is 0.254 e. The van der Waals surface area contributed by atoms with E-state index in [1.807, 2.05) is 30.3 Å². The van der Waals surface area contributed by atoms with Crippen molar-refractivity contribution in [2.75, 3.05) is 0 Å². The number of carbonyl (C=O) groups is 1. The van der Waals surface area contributed by atoms with E-state index < -0.39 is 5.91 Å². The molecule has 1 amide bonds. The summed E-state index contributed by atoms with van der Waals surface area (Å²) in [6.07, 6.45) is 3.13. The highest BCUT2D eigenvalue weighted by atomic mass is 35.5. The summed E-state index contributed by atoms with van der Waals surface area (Å²) in [4.78, 5) is 23.2. The first-order chi connectivity index (χ1) is 8.09. The van der Waals surface area contributed by atoms with Crippen LogP contribution in [0.3, 0.4) is 0 Å². The van der Waals surface area contributed by atoms with Crippen LogP contribution < -0.4 is 11.2 Å². The van der Waals surface area contributed by atoms with Crippen LogP contribution >= 0.6 is 12.4 Å². The molecule has 0 aliphatic carbocycles. The number of aryl methyl sites for hydroxylation is 1. The van der Waals surface area contributed by atoms with E-state index in [1.165, 1.54) is 6.20 Å². The minimum atomic E-state index is -0.705. The lowest BCUT2D eigenvalue weighted by molar-refractivity contribution is 0.0998. The Morgan fingerprint density at radius 3 is 2.33 bits per heavy atom. The molecule has 5 heteroatoms. The van der Waals surface area contributed by atoms with Crippen LogP contribution in [-0.4, -0.2) is 10.5 Å². The lowest BCUT2D eigenvalue weighted by atomic mass is 10.1. The van der Waals surface area contributed by atoms with E-state index in [0.717, 1.165) is 5.56 Å². The van der Waals surface area contributed by atoms with Crippen LogP contribution in [0, 0.1) is 0 Å². The number of rotatable bonds is 2. The highest BCUT2D eigenvalue weighted by Crippen LogP contribution is 2.14. The largest absolute Gasteiger partial charge is 0.365 e. The molecule has 0 saturated carbocycles. The van der Waals surface area contributed by atoms with Crippen LogP contribution in [0.1, 0.15) is 10.4 Å². The monoisotopic (exact) mass is 264 g/mol. The normalized spacial score (nSPS) is 9.61. The molecule has 0 atom stereocenters. The number of hydrogen-bond acceptors (Lipinski definition) is 2. The molecule has 1 aromatic heterocycles. The molecule has 0 aliphatic rings. The number of primary amides is 1. The van der Waals surface area contributed by atoms with Gasteiger partial charge in [-0.1, -0.05) is 30.3 Å². The molecule has 94 valence electrons. The number of benzene rings is 1. The number of aromatic nitrogens is 1. The Kier molecular flexibility index (Phi) is 4.28. The molecule has 0 saturated heterocycles. The Morgan fingerprint density at radius 1 is 1.17 bits per heavy atom. The molecule has 1 aromatic carbocycles. The lowest BCUT2D eigenvalue weighted by Gasteiger charge is -2.06. The summed E-state index contributed by atoms with van der Waals surface area (Å²) < 4.78 is 1.66. The van der Waals surface area contributed by atoms with Gasteiger partial charge in [-0.05, 0) is 5.56 Å². The van der Waals surface area contributed by atoms with Crippen LogP contribution in [0.5, 0.6) is 0 Å². The average Bonchev–Trinajstić information content (AvgIpc) is 2.32. The Balaban J connectivity index is 0.00000162. The summed E-state index contributed by atoms with van der Waals surface area (Å²) in [7, 11) is 1.75. The molecule has 2 rings (SSSR count). The molecule has 4 nitrogen and oxygen atoms in total. The number of hydrogen-bond donors (Lipinski definition) is 1. The summed E-state index contributed by atoms with van der Waals surface area (Å²) in [5.41, 5.74) is 6.11. The van der Waals surface area contributed by atoms with Crippen LogP contribution in [0.15, 0.2) is 47.5 Å². The van der Waals surface area contributed by atoms with Gasteiger partial charge in [-0.2, -0.15) is 0 Å². The number of nitrogens with two attached hydrogens (primary N) is 1. The first-order valence-electron chi connectivity index (χ1n) is 5.15. The van der Waals surface area contributed by atoms with Crippen molar-refractivity contribution in [3.8, 4) is 11.1 Å². The van der Waals surface area contributed by atoms with Crippen molar-refractivity contribution in [1.82, 2.24) is 4.57 Å². The Morgan fingerprint density at radius 2 is 1.78 bits per heavy atom. The fraction of sp³-hybridized carbons (Fsp3) is 0.0769. The zero-order valence-electron chi connectivity index (χ0n) is 9.79. The van der Waals surface area contributed by atoms with E-state index in [-0.39, 0.29) is 23.4 Å². The van der Waals surface area contributed by atoms with Crippen LogP contribution in [-0.2, 0) is 7.05 Å². The molecule has 0 fully saturated rings. The van der Waals surface area contributed by atoms with Crippen molar-refractivity contribution < 1.29 is 4.79 Å². The maximum absolute atomic E-state index is 12.0. The van der Waals surface area contributed by atoms with Crippen LogP contribution in [0.2, 0.25) is 0 Å². The summed E-state index contributed by atoms with van der Waals surface area (Å²) >= 11 is 0. The third kappa shape index (κ3) is 2.60. The van der Waals surface area contributed by atoms with Crippen molar-refractivity contribution in [2.24, 2.45) is 12.8 Å². The Bertz CT molecular complexity index is 621. The third-order valence-electron chi connectivity index (χ3n) is 2.50. The zero-order valence-corrected chi connectivity index (χ0v) is 10.6. The lowest BCUT2D eigenvalue weighted by Crippen LogP contribution is -2.24. The number of carbonyl (C=O) groups excluding carboxylic acids is 1. The standard InChI is InChI=1S/C13H12N2O2.ClH/c1-15-7-10(9-5-3-2-4-6-9)12(16)11(8-15)13(14)17;/h2-8H,1H3,(H2,14,17);1H. The molecular formula is C13H13ClN2O2. The molecule has 0 spiro atoms. The maximum atomic E-state index is 12.0. The van der Waals surface area contributed by atoms with Crippen molar-refractivity contribution in [3.05, 3.63) is 58.5 Å². The topological polar surface area (TPSA) is 65.1 Å². The molecule has 0 aliphatic heterocycles. The van der Waals surface area contributed by atoms with E-state index in [4.69, 9.17) is 5.73 Å². The summed E-state index contributed by atoms with van der Waals surface area (Å²) in [5, 5.41) is 0. The number of amides is 1. The average molecular weight is 265 g/mol. The zero-order chi connectivity index (χ0) is 12.4. The molecule has 2 aromatic rings. The van der Waals surface area contributed by atoms with Gasteiger partial charge in [0.1, 0.15) is 5.56 Å². The number of pyridine rings is 1. The minimum absolute atomic E-state index is 0.